The average Bonchev–Trinajstić information content (AvgIpc) is 2.94. The Hall–Kier alpha value is -3.41. The minimum Gasteiger partial charge on any atom is -0.329 e. The van der Waals surface area contributed by atoms with Crippen LogP contribution < -0.4 is 10.2 Å². The maximum Gasteiger partial charge on any atom is 0.229 e. The van der Waals surface area contributed by atoms with Crippen molar-refractivity contribution in [3.05, 3.63) is 65.5 Å². The summed E-state index contributed by atoms with van der Waals surface area (Å²) in [5.41, 5.74) is 6.56. The van der Waals surface area contributed by atoms with Crippen LogP contribution >= 0.6 is 0 Å². The lowest BCUT2D eigenvalue weighted by molar-refractivity contribution is 0.751. The lowest BCUT2D eigenvalue weighted by atomic mass is 10.1. The molecular weight excluding hydrogens is 348 g/mol. The van der Waals surface area contributed by atoms with E-state index in [1.807, 2.05) is 29.7 Å². The van der Waals surface area contributed by atoms with Crippen molar-refractivity contribution in [2.75, 3.05) is 17.3 Å². The zero-order chi connectivity index (χ0) is 19.8. The highest BCUT2D eigenvalue weighted by atomic mass is 15.3. The quantitative estimate of drug-likeness (QED) is 0.558. The molecule has 6 heteroatoms. The molecule has 6 nitrogen and oxygen atoms in total. The number of anilines is 4. The largest absolute Gasteiger partial charge is 0.329 e. The second-order valence-electron chi connectivity index (χ2n) is 7.21. The maximum absolute atomic E-state index is 4.68. The standard InChI is InChI=1S/C22H24N6/c1-14-10-15(2)12-17(11-14)24-22-23-9-8-21(25-22)27(4)18-6-7-19-16(3)28(5)26-20(19)13-18/h6-13H,1-5H3,(H,23,24,25). The van der Waals surface area contributed by atoms with Gasteiger partial charge in [0.25, 0.3) is 0 Å². The number of aromatic nitrogens is 4. The molecule has 4 aromatic rings. The van der Waals surface area contributed by atoms with Gasteiger partial charge in [-0.1, -0.05) is 6.07 Å². The van der Waals surface area contributed by atoms with Crippen LogP contribution in [0.1, 0.15) is 16.8 Å². The molecule has 142 valence electrons. The normalized spacial score (nSPS) is 11.0. The van der Waals surface area contributed by atoms with E-state index in [2.05, 4.69) is 77.6 Å². The summed E-state index contributed by atoms with van der Waals surface area (Å²) in [6.07, 6.45) is 1.77. The zero-order valence-corrected chi connectivity index (χ0v) is 16.9. The van der Waals surface area contributed by atoms with Crippen LogP contribution in [0, 0.1) is 20.8 Å². The van der Waals surface area contributed by atoms with E-state index in [1.165, 1.54) is 16.5 Å². The van der Waals surface area contributed by atoms with Gasteiger partial charge in [0.1, 0.15) is 5.82 Å². The van der Waals surface area contributed by atoms with E-state index in [1.54, 1.807) is 6.20 Å². The molecule has 0 bridgehead atoms. The molecule has 0 aliphatic carbocycles. The number of nitrogens with one attached hydrogen (secondary N) is 1. The summed E-state index contributed by atoms with van der Waals surface area (Å²) in [5, 5.41) is 9.06. The molecule has 0 saturated heterocycles. The van der Waals surface area contributed by atoms with Crippen molar-refractivity contribution in [3.8, 4) is 0 Å². The fourth-order valence-corrected chi connectivity index (χ4v) is 3.43. The van der Waals surface area contributed by atoms with Crippen molar-refractivity contribution in [3.63, 3.8) is 0 Å². The van der Waals surface area contributed by atoms with Crippen LogP contribution in [0.3, 0.4) is 0 Å². The first-order valence-electron chi connectivity index (χ1n) is 9.26. The van der Waals surface area contributed by atoms with E-state index in [9.17, 15) is 0 Å². The molecule has 0 radical (unpaired) electrons. The van der Waals surface area contributed by atoms with Gasteiger partial charge < -0.3 is 10.2 Å². The molecular formula is C22H24N6. The Balaban J connectivity index is 1.63. The topological polar surface area (TPSA) is 58.9 Å². The van der Waals surface area contributed by atoms with Crippen molar-refractivity contribution in [2.24, 2.45) is 7.05 Å². The Morgan fingerprint density at radius 2 is 1.71 bits per heavy atom. The molecule has 28 heavy (non-hydrogen) atoms. The van der Waals surface area contributed by atoms with Gasteiger partial charge in [0.15, 0.2) is 0 Å². The first-order valence-corrected chi connectivity index (χ1v) is 9.26. The maximum atomic E-state index is 4.68. The highest BCUT2D eigenvalue weighted by Crippen LogP contribution is 2.27. The summed E-state index contributed by atoms with van der Waals surface area (Å²) in [6.45, 7) is 6.24. The van der Waals surface area contributed by atoms with Crippen molar-refractivity contribution in [1.29, 1.82) is 0 Å². The van der Waals surface area contributed by atoms with Gasteiger partial charge in [-0.2, -0.15) is 10.1 Å². The van der Waals surface area contributed by atoms with Crippen LogP contribution in [-0.2, 0) is 7.05 Å². The van der Waals surface area contributed by atoms with E-state index >= 15 is 0 Å². The highest BCUT2D eigenvalue weighted by molar-refractivity contribution is 5.85. The lowest BCUT2D eigenvalue weighted by Crippen LogP contribution is -2.12. The predicted molar refractivity (Wildman–Crippen MR) is 115 cm³/mol. The smallest absolute Gasteiger partial charge is 0.229 e. The van der Waals surface area contributed by atoms with Gasteiger partial charge in [-0.05, 0) is 68.3 Å². The van der Waals surface area contributed by atoms with E-state index < -0.39 is 0 Å². The number of benzene rings is 2. The molecule has 0 aliphatic heterocycles. The molecule has 2 heterocycles. The highest BCUT2D eigenvalue weighted by Gasteiger charge is 2.11. The van der Waals surface area contributed by atoms with Crippen LogP contribution in [0.25, 0.3) is 10.9 Å². The Morgan fingerprint density at radius 1 is 0.964 bits per heavy atom. The van der Waals surface area contributed by atoms with E-state index in [-0.39, 0.29) is 0 Å². The third-order valence-electron chi connectivity index (χ3n) is 4.96. The van der Waals surface area contributed by atoms with Crippen LogP contribution in [-0.4, -0.2) is 26.8 Å². The van der Waals surface area contributed by atoms with Gasteiger partial charge >= 0.3 is 0 Å². The summed E-state index contributed by atoms with van der Waals surface area (Å²) in [6, 6.07) is 14.5. The molecule has 0 unspecified atom stereocenters. The fourth-order valence-electron chi connectivity index (χ4n) is 3.43. The zero-order valence-electron chi connectivity index (χ0n) is 16.9. The Kier molecular flexibility index (Phi) is 4.47. The summed E-state index contributed by atoms with van der Waals surface area (Å²) in [4.78, 5) is 11.1. The van der Waals surface area contributed by atoms with Crippen molar-refractivity contribution in [1.82, 2.24) is 19.7 Å². The van der Waals surface area contributed by atoms with Gasteiger partial charge in [-0.15, -0.1) is 0 Å². The molecule has 0 saturated carbocycles. The average molecular weight is 372 g/mol. The molecule has 2 aromatic carbocycles. The molecule has 0 aliphatic rings. The Labute approximate surface area is 164 Å². The number of fused-ring (bicyclic) bond motifs is 1. The van der Waals surface area contributed by atoms with Crippen molar-refractivity contribution in [2.45, 2.75) is 20.8 Å². The number of nitrogens with zero attached hydrogens (tertiary/aromatic N) is 5. The Bertz CT molecular complexity index is 1140. The number of hydrogen-bond acceptors (Lipinski definition) is 5. The monoisotopic (exact) mass is 372 g/mol. The molecule has 2 aromatic heterocycles. The second kappa shape index (κ2) is 6.96. The van der Waals surface area contributed by atoms with Crippen molar-refractivity contribution >= 4 is 34.0 Å². The molecule has 1 N–H and O–H groups in total. The van der Waals surface area contributed by atoms with E-state index in [0.29, 0.717) is 5.95 Å². The third-order valence-corrected chi connectivity index (χ3v) is 4.96. The molecule has 4 rings (SSSR count). The van der Waals surface area contributed by atoms with Gasteiger partial charge in [0, 0.05) is 42.7 Å². The summed E-state index contributed by atoms with van der Waals surface area (Å²) < 4.78 is 1.91. The minimum absolute atomic E-state index is 0.573. The number of aryl methyl sites for hydroxylation is 4. The van der Waals surface area contributed by atoms with Gasteiger partial charge in [0.05, 0.1) is 5.52 Å². The van der Waals surface area contributed by atoms with Gasteiger partial charge in [-0.3, -0.25) is 4.68 Å². The van der Waals surface area contributed by atoms with Gasteiger partial charge in [0.2, 0.25) is 5.95 Å². The molecule has 0 atom stereocenters. The first kappa shape index (κ1) is 18.0. The predicted octanol–water partition coefficient (Wildman–Crippen LogP) is 4.80. The van der Waals surface area contributed by atoms with Crippen LogP contribution in [0.15, 0.2) is 48.7 Å². The van der Waals surface area contributed by atoms with Crippen LogP contribution in [0.2, 0.25) is 0 Å². The summed E-state index contributed by atoms with van der Waals surface area (Å²) in [7, 11) is 3.97. The molecule has 0 fully saturated rings. The first-order chi connectivity index (χ1) is 13.4. The van der Waals surface area contributed by atoms with Crippen LogP contribution in [0.4, 0.5) is 23.1 Å². The molecule has 0 spiro atoms. The third kappa shape index (κ3) is 3.41. The van der Waals surface area contributed by atoms with Crippen molar-refractivity contribution < 1.29 is 0 Å². The fraction of sp³-hybridized carbons (Fsp3) is 0.227. The SMILES string of the molecule is Cc1cc(C)cc(Nc2nccc(N(C)c3ccc4c(C)n(C)nc4c3)n2)c1. The Morgan fingerprint density at radius 3 is 2.46 bits per heavy atom. The lowest BCUT2D eigenvalue weighted by Gasteiger charge is -2.19. The van der Waals surface area contributed by atoms with Crippen LogP contribution in [0.5, 0.6) is 0 Å². The van der Waals surface area contributed by atoms with Gasteiger partial charge in [-0.25, -0.2) is 4.98 Å². The van der Waals surface area contributed by atoms with E-state index in [4.69, 9.17) is 0 Å². The number of rotatable bonds is 4. The summed E-state index contributed by atoms with van der Waals surface area (Å²) >= 11 is 0. The summed E-state index contributed by atoms with van der Waals surface area (Å²) in [5.74, 6) is 1.39. The van der Waals surface area contributed by atoms with E-state index in [0.717, 1.165) is 28.4 Å². The second-order valence-corrected chi connectivity index (χ2v) is 7.21. The number of hydrogen-bond donors (Lipinski definition) is 1. The minimum atomic E-state index is 0.573. The molecule has 0 amide bonds.